The van der Waals surface area contributed by atoms with Crippen LogP contribution in [0.4, 0.5) is 4.39 Å². The lowest BCUT2D eigenvalue weighted by Crippen LogP contribution is -2.33. The Morgan fingerprint density at radius 1 is 1.11 bits per heavy atom. The zero-order valence-corrected chi connectivity index (χ0v) is 11.2. The van der Waals surface area contributed by atoms with Crippen LogP contribution >= 0.6 is 0 Å². The van der Waals surface area contributed by atoms with E-state index in [1.54, 1.807) is 0 Å². The molecule has 2 aliphatic rings. The lowest BCUT2D eigenvalue weighted by molar-refractivity contribution is 0.204. The van der Waals surface area contributed by atoms with Crippen molar-refractivity contribution in [3.05, 3.63) is 34.9 Å². The van der Waals surface area contributed by atoms with Gasteiger partial charge >= 0.3 is 0 Å². The van der Waals surface area contributed by atoms with E-state index in [1.807, 2.05) is 0 Å². The highest BCUT2D eigenvalue weighted by Gasteiger charge is 2.29. The van der Waals surface area contributed by atoms with Gasteiger partial charge in [0.1, 0.15) is 6.17 Å². The number of alkyl halides is 1. The molecule has 0 saturated carbocycles. The minimum atomic E-state index is -0.585. The van der Waals surface area contributed by atoms with Gasteiger partial charge in [0, 0.05) is 19.1 Å². The second-order valence-electron chi connectivity index (χ2n) is 5.88. The molecule has 0 N–H and O–H groups in total. The molecule has 0 aromatic heterocycles. The van der Waals surface area contributed by atoms with E-state index in [0.717, 1.165) is 25.8 Å². The Kier molecular flexibility index (Phi) is 3.38. The average Bonchev–Trinajstić information content (AvgIpc) is 2.67. The summed E-state index contributed by atoms with van der Waals surface area (Å²) in [5, 5.41) is 0. The number of aryl methyl sites for hydroxylation is 3. The molecule has 1 saturated heterocycles. The molecule has 2 heteroatoms. The Morgan fingerprint density at radius 2 is 1.89 bits per heavy atom. The monoisotopic (exact) mass is 247 g/mol. The maximum Gasteiger partial charge on any atom is 0.114 e. The molecule has 1 aliphatic carbocycles. The van der Waals surface area contributed by atoms with Gasteiger partial charge < -0.3 is 0 Å². The van der Waals surface area contributed by atoms with Crippen LogP contribution in [0.25, 0.3) is 0 Å². The first-order chi connectivity index (χ1) is 8.72. The summed E-state index contributed by atoms with van der Waals surface area (Å²) in [6, 6.07) is 7.43. The van der Waals surface area contributed by atoms with E-state index in [4.69, 9.17) is 0 Å². The number of nitrogens with zero attached hydrogens (tertiary/aromatic N) is 1. The van der Waals surface area contributed by atoms with Gasteiger partial charge in [-0.3, -0.25) is 4.90 Å². The molecular weight excluding hydrogens is 225 g/mol. The first-order valence-corrected chi connectivity index (χ1v) is 7.19. The van der Waals surface area contributed by atoms with Crippen molar-refractivity contribution >= 4 is 0 Å². The molecule has 1 unspecified atom stereocenters. The van der Waals surface area contributed by atoms with Gasteiger partial charge in [0.2, 0.25) is 0 Å². The van der Waals surface area contributed by atoms with Gasteiger partial charge in [0.25, 0.3) is 0 Å². The van der Waals surface area contributed by atoms with E-state index in [1.165, 1.54) is 29.5 Å². The summed E-state index contributed by atoms with van der Waals surface area (Å²) in [4.78, 5) is 2.38. The Balaban J connectivity index is 1.71. The standard InChI is InChI=1S/C16H22FN/c1-12-2-3-13-4-6-16(7-5-14(13)10-12)18-9-8-15(17)11-18/h2-3,10,15-16H,4-9,11H2,1H3/t15-,16?/m1/s1. The van der Waals surface area contributed by atoms with Gasteiger partial charge in [-0.15, -0.1) is 0 Å². The summed E-state index contributed by atoms with van der Waals surface area (Å²) in [5.41, 5.74) is 4.39. The SMILES string of the molecule is Cc1ccc2c(c1)CCC(N1CC[C@@H](F)C1)CC2. The van der Waals surface area contributed by atoms with Gasteiger partial charge in [-0.05, 0) is 50.2 Å². The summed E-state index contributed by atoms with van der Waals surface area (Å²) < 4.78 is 13.3. The van der Waals surface area contributed by atoms with Crippen LogP contribution < -0.4 is 0 Å². The quantitative estimate of drug-likeness (QED) is 0.688. The van der Waals surface area contributed by atoms with Crippen molar-refractivity contribution in [3.63, 3.8) is 0 Å². The predicted molar refractivity (Wildman–Crippen MR) is 72.7 cm³/mol. The van der Waals surface area contributed by atoms with Crippen LogP contribution in [0, 0.1) is 6.92 Å². The third-order valence-corrected chi connectivity index (χ3v) is 4.53. The fraction of sp³-hybridized carbons (Fsp3) is 0.625. The lowest BCUT2D eigenvalue weighted by Gasteiger charge is -2.25. The van der Waals surface area contributed by atoms with Crippen LogP contribution in [0.3, 0.4) is 0 Å². The summed E-state index contributed by atoms with van der Waals surface area (Å²) in [7, 11) is 0. The molecule has 1 fully saturated rings. The second kappa shape index (κ2) is 5.00. The van der Waals surface area contributed by atoms with Crippen molar-refractivity contribution in [2.45, 2.75) is 51.2 Å². The highest BCUT2D eigenvalue weighted by atomic mass is 19.1. The van der Waals surface area contributed by atoms with Crippen LogP contribution in [-0.2, 0) is 12.8 Å². The Labute approximate surface area is 109 Å². The minimum absolute atomic E-state index is 0.585. The fourth-order valence-corrected chi connectivity index (χ4v) is 3.46. The fourth-order valence-electron chi connectivity index (χ4n) is 3.46. The van der Waals surface area contributed by atoms with Crippen molar-refractivity contribution < 1.29 is 4.39 Å². The molecule has 1 aromatic carbocycles. The molecule has 0 radical (unpaired) electrons. The minimum Gasteiger partial charge on any atom is -0.297 e. The van der Waals surface area contributed by atoms with E-state index >= 15 is 0 Å². The number of likely N-dealkylation sites (tertiary alicyclic amines) is 1. The number of hydrogen-bond donors (Lipinski definition) is 0. The Morgan fingerprint density at radius 3 is 2.61 bits per heavy atom. The van der Waals surface area contributed by atoms with E-state index in [2.05, 4.69) is 30.0 Å². The molecule has 98 valence electrons. The number of benzene rings is 1. The van der Waals surface area contributed by atoms with Gasteiger partial charge in [-0.2, -0.15) is 0 Å². The number of hydrogen-bond acceptors (Lipinski definition) is 1. The van der Waals surface area contributed by atoms with Crippen LogP contribution in [0.2, 0.25) is 0 Å². The zero-order valence-electron chi connectivity index (χ0n) is 11.2. The molecular formula is C16H22FN. The third kappa shape index (κ3) is 2.44. The van der Waals surface area contributed by atoms with Crippen LogP contribution in [0.15, 0.2) is 18.2 Å². The van der Waals surface area contributed by atoms with Crippen molar-refractivity contribution in [2.75, 3.05) is 13.1 Å². The zero-order chi connectivity index (χ0) is 12.5. The lowest BCUT2D eigenvalue weighted by atomic mass is 10.0. The van der Waals surface area contributed by atoms with Crippen molar-refractivity contribution in [1.82, 2.24) is 4.90 Å². The van der Waals surface area contributed by atoms with Crippen molar-refractivity contribution in [1.29, 1.82) is 0 Å². The van der Waals surface area contributed by atoms with E-state index in [0.29, 0.717) is 12.6 Å². The van der Waals surface area contributed by atoms with E-state index in [-0.39, 0.29) is 0 Å². The smallest absolute Gasteiger partial charge is 0.114 e. The van der Waals surface area contributed by atoms with E-state index in [9.17, 15) is 4.39 Å². The van der Waals surface area contributed by atoms with Crippen LogP contribution in [0.5, 0.6) is 0 Å². The molecule has 18 heavy (non-hydrogen) atoms. The predicted octanol–water partition coefficient (Wildman–Crippen LogP) is 3.29. The molecule has 0 amide bonds. The van der Waals surface area contributed by atoms with Gasteiger partial charge in [0.05, 0.1) is 0 Å². The van der Waals surface area contributed by atoms with Crippen molar-refractivity contribution in [2.24, 2.45) is 0 Å². The van der Waals surface area contributed by atoms with Crippen LogP contribution in [-0.4, -0.2) is 30.2 Å². The first kappa shape index (κ1) is 12.2. The van der Waals surface area contributed by atoms with Gasteiger partial charge in [0.15, 0.2) is 0 Å². The summed E-state index contributed by atoms with van der Waals surface area (Å²) in [5.74, 6) is 0. The second-order valence-corrected chi connectivity index (χ2v) is 5.88. The molecule has 1 aromatic rings. The first-order valence-electron chi connectivity index (χ1n) is 7.19. The topological polar surface area (TPSA) is 3.24 Å². The molecule has 1 aliphatic heterocycles. The van der Waals surface area contributed by atoms with Gasteiger partial charge in [-0.25, -0.2) is 4.39 Å². The summed E-state index contributed by atoms with van der Waals surface area (Å²) in [6.45, 7) is 3.79. The Hall–Kier alpha value is -0.890. The maximum absolute atomic E-state index is 13.3. The Bertz CT molecular complexity index is 429. The van der Waals surface area contributed by atoms with Crippen molar-refractivity contribution in [3.8, 4) is 0 Å². The van der Waals surface area contributed by atoms with E-state index < -0.39 is 6.17 Å². The van der Waals surface area contributed by atoms with Crippen LogP contribution in [0.1, 0.15) is 36.0 Å². The number of rotatable bonds is 1. The number of halogens is 1. The molecule has 1 heterocycles. The molecule has 0 bridgehead atoms. The molecule has 1 nitrogen and oxygen atoms in total. The summed E-state index contributed by atoms with van der Waals surface area (Å²) >= 11 is 0. The average molecular weight is 247 g/mol. The number of fused-ring (bicyclic) bond motifs is 1. The summed E-state index contributed by atoms with van der Waals surface area (Å²) in [6.07, 6.45) is 4.87. The molecule has 0 spiro atoms. The largest absolute Gasteiger partial charge is 0.297 e. The van der Waals surface area contributed by atoms with Gasteiger partial charge in [-0.1, -0.05) is 23.8 Å². The normalized spacial score (nSPS) is 29.0. The highest BCUT2D eigenvalue weighted by molar-refractivity contribution is 5.32. The maximum atomic E-state index is 13.3. The third-order valence-electron chi connectivity index (χ3n) is 4.53. The molecule has 3 rings (SSSR count). The highest BCUT2D eigenvalue weighted by Crippen LogP contribution is 2.27. The molecule has 2 atom stereocenters.